The monoisotopic (exact) mass is 400 g/mol. The van der Waals surface area contributed by atoms with Crippen LogP contribution in [0.5, 0.6) is 0 Å². The van der Waals surface area contributed by atoms with Gasteiger partial charge in [0.05, 0.1) is 15.7 Å². The molecule has 0 aliphatic carbocycles. The fourth-order valence-corrected chi connectivity index (χ4v) is 3.79. The first-order valence-electron chi connectivity index (χ1n) is 7.89. The predicted octanol–water partition coefficient (Wildman–Crippen LogP) is 3.63. The molecule has 134 valence electrons. The van der Waals surface area contributed by atoms with E-state index in [1.807, 2.05) is 0 Å². The summed E-state index contributed by atoms with van der Waals surface area (Å²) in [6, 6.07) is 4.56. The summed E-state index contributed by atoms with van der Waals surface area (Å²) in [6.07, 6.45) is 0. The summed E-state index contributed by atoms with van der Waals surface area (Å²) in [6.45, 7) is 7.04. The van der Waals surface area contributed by atoms with Gasteiger partial charge >= 0.3 is 6.03 Å². The van der Waals surface area contributed by atoms with E-state index in [1.165, 1.54) is 11.3 Å². The first kappa shape index (κ1) is 18.2. The number of urea groups is 1. The quantitative estimate of drug-likeness (QED) is 0.819. The number of likely N-dealkylation sites (N-methyl/N-ethyl adjacent to an activating group) is 1. The van der Waals surface area contributed by atoms with Crippen molar-refractivity contribution in [3.8, 4) is 0 Å². The van der Waals surface area contributed by atoms with Crippen LogP contribution in [0.2, 0.25) is 10.0 Å². The highest BCUT2D eigenvalue weighted by Gasteiger charge is 2.20. The predicted molar refractivity (Wildman–Crippen MR) is 103 cm³/mol. The van der Waals surface area contributed by atoms with Crippen LogP contribution >= 0.6 is 34.5 Å². The van der Waals surface area contributed by atoms with Crippen LogP contribution in [0, 0.1) is 0 Å². The molecular weight excluding hydrogens is 383 g/mol. The second-order valence-corrected chi connectivity index (χ2v) is 7.26. The van der Waals surface area contributed by atoms with Crippen LogP contribution in [-0.4, -0.2) is 53.9 Å². The number of piperazine rings is 1. The Balaban J connectivity index is 1.59. The zero-order chi connectivity index (χ0) is 17.8. The topological polar surface area (TPSA) is 73.4 Å². The maximum atomic E-state index is 12.1. The minimum absolute atomic E-state index is 0.365. The maximum Gasteiger partial charge on any atom is 0.325 e. The second kappa shape index (κ2) is 8.18. The van der Waals surface area contributed by atoms with Crippen molar-refractivity contribution in [2.24, 2.45) is 0 Å². The Morgan fingerprint density at radius 3 is 2.48 bits per heavy atom. The molecule has 1 aliphatic heterocycles. The number of carbonyl (C=O) groups is 1. The molecular formula is C15H18Cl2N6OS. The Labute approximate surface area is 159 Å². The van der Waals surface area contributed by atoms with Crippen LogP contribution in [0.25, 0.3) is 0 Å². The Morgan fingerprint density at radius 1 is 1.16 bits per heavy atom. The molecule has 1 fully saturated rings. The van der Waals surface area contributed by atoms with Crippen LogP contribution in [0.1, 0.15) is 6.92 Å². The number of nitrogens with zero attached hydrogens (tertiary/aromatic N) is 4. The van der Waals surface area contributed by atoms with E-state index in [9.17, 15) is 4.79 Å². The fraction of sp³-hybridized carbons (Fsp3) is 0.400. The first-order valence-corrected chi connectivity index (χ1v) is 9.47. The number of hydrogen-bond donors (Lipinski definition) is 2. The van der Waals surface area contributed by atoms with Crippen molar-refractivity contribution in [1.82, 2.24) is 15.1 Å². The van der Waals surface area contributed by atoms with Crippen molar-refractivity contribution in [3.63, 3.8) is 0 Å². The van der Waals surface area contributed by atoms with E-state index in [0.717, 1.165) is 37.9 Å². The third-order valence-corrected chi connectivity index (χ3v) is 5.46. The number of anilines is 3. The van der Waals surface area contributed by atoms with E-state index >= 15 is 0 Å². The molecule has 2 heterocycles. The average Bonchev–Trinajstić information content (AvgIpc) is 3.07. The molecule has 2 amide bonds. The fourth-order valence-electron chi connectivity index (χ4n) is 2.51. The molecule has 1 aromatic carbocycles. The van der Waals surface area contributed by atoms with Gasteiger partial charge in [0, 0.05) is 26.2 Å². The van der Waals surface area contributed by atoms with E-state index in [1.54, 1.807) is 18.2 Å². The van der Waals surface area contributed by atoms with E-state index in [-0.39, 0.29) is 0 Å². The highest BCUT2D eigenvalue weighted by Crippen LogP contribution is 2.30. The minimum Gasteiger partial charge on any atom is -0.344 e. The van der Waals surface area contributed by atoms with Gasteiger partial charge in [-0.15, -0.1) is 10.2 Å². The minimum atomic E-state index is -0.464. The van der Waals surface area contributed by atoms with Crippen molar-refractivity contribution in [3.05, 3.63) is 28.2 Å². The summed E-state index contributed by atoms with van der Waals surface area (Å²) < 4.78 is 0. The number of benzene rings is 1. The molecule has 25 heavy (non-hydrogen) atoms. The van der Waals surface area contributed by atoms with Gasteiger partial charge in [-0.25, -0.2) is 4.79 Å². The zero-order valence-electron chi connectivity index (χ0n) is 13.6. The Kier molecular flexibility index (Phi) is 5.95. The Bertz CT molecular complexity index is 727. The van der Waals surface area contributed by atoms with Gasteiger partial charge in [0.2, 0.25) is 10.3 Å². The van der Waals surface area contributed by atoms with Crippen LogP contribution in [0.3, 0.4) is 0 Å². The summed E-state index contributed by atoms with van der Waals surface area (Å²) in [7, 11) is 0. The van der Waals surface area contributed by atoms with Gasteiger partial charge < -0.3 is 15.1 Å². The standard InChI is InChI=1S/C15H18Cl2N6OS/c1-2-22-6-8-23(9-7-22)15-21-20-14(25-15)19-13(24)18-12-10(16)4-3-5-11(12)17/h3-5H,2,6-9H2,1H3,(H2,18,19,20,24). The van der Waals surface area contributed by atoms with Gasteiger partial charge in [-0.3, -0.25) is 5.32 Å². The lowest BCUT2D eigenvalue weighted by Gasteiger charge is -2.33. The number of halogens is 2. The van der Waals surface area contributed by atoms with Crippen molar-refractivity contribution in [2.75, 3.05) is 48.3 Å². The molecule has 0 spiro atoms. The van der Waals surface area contributed by atoms with Crippen LogP contribution in [0.4, 0.5) is 20.7 Å². The van der Waals surface area contributed by atoms with Crippen LogP contribution in [-0.2, 0) is 0 Å². The van der Waals surface area contributed by atoms with Gasteiger partial charge in [0.15, 0.2) is 0 Å². The molecule has 1 aromatic heterocycles. The third kappa shape index (κ3) is 4.52. The van der Waals surface area contributed by atoms with Gasteiger partial charge in [-0.05, 0) is 18.7 Å². The molecule has 0 bridgehead atoms. The molecule has 1 saturated heterocycles. The number of carbonyl (C=O) groups excluding carboxylic acids is 1. The highest BCUT2D eigenvalue weighted by atomic mass is 35.5. The van der Waals surface area contributed by atoms with E-state index in [2.05, 4.69) is 37.6 Å². The van der Waals surface area contributed by atoms with Crippen LogP contribution < -0.4 is 15.5 Å². The Hall–Kier alpha value is -1.61. The zero-order valence-corrected chi connectivity index (χ0v) is 16.0. The molecule has 7 nitrogen and oxygen atoms in total. The van der Waals surface area contributed by atoms with Crippen LogP contribution in [0.15, 0.2) is 18.2 Å². The number of rotatable bonds is 4. The van der Waals surface area contributed by atoms with Crippen molar-refractivity contribution < 1.29 is 4.79 Å². The largest absolute Gasteiger partial charge is 0.344 e. The van der Waals surface area contributed by atoms with Gasteiger partial charge in [0.25, 0.3) is 0 Å². The molecule has 2 aromatic rings. The molecule has 0 radical (unpaired) electrons. The van der Waals surface area contributed by atoms with E-state index in [0.29, 0.717) is 20.9 Å². The number of para-hydroxylation sites is 1. The maximum absolute atomic E-state index is 12.1. The van der Waals surface area contributed by atoms with Crippen molar-refractivity contribution in [2.45, 2.75) is 6.92 Å². The van der Waals surface area contributed by atoms with E-state index in [4.69, 9.17) is 23.2 Å². The van der Waals surface area contributed by atoms with E-state index < -0.39 is 6.03 Å². The van der Waals surface area contributed by atoms with Crippen molar-refractivity contribution >= 4 is 56.5 Å². The lowest BCUT2D eigenvalue weighted by Crippen LogP contribution is -2.46. The van der Waals surface area contributed by atoms with Gasteiger partial charge in [0.1, 0.15) is 0 Å². The molecule has 3 rings (SSSR count). The lowest BCUT2D eigenvalue weighted by molar-refractivity contribution is 0.262. The van der Waals surface area contributed by atoms with Gasteiger partial charge in [-0.2, -0.15) is 0 Å². The molecule has 10 heteroatoms. The summed E-state index contributed by atoms with van der Waals surface area (Å²) >= 11 is 13.4. The Morgan fingerprint density at radius 2 is 1.84 bits per heavy atom. The summed E-state index contributed by atoms with van der Waals surface area (Å²) in [4.78, 5) is 16.7. The van der Waals surface area contributed by atoms with Gasteiger partial charge in [-0.1, -0.05) is 47.5 Å². The third-order valence-electron chi connectivity index (χ3n) is 3.93. The highest BCUT2D eigenvalue weighted by molar-refractivity contribution is 7.19. The summed E-state index contributed by atoms with van der Waals surface area (Å²) in [5.41, 5.74) is 0.365. The number of nitrogens with one attached hydrogen (secondary N) is 2. The molecule has 0 saturated carbocycles. The number of hydrogen-bond acceptors (Lipinski definition) is 6. The molecule has 2 N–H and O–H groups in total. The summed E-state index contributed by atoms with van der Waals surface area (Å²) in [5.74, 6) is 0. The first-order chi connectivity index (χ1) is 12.1. The SMILES string of the molecule is CCN1CCN(c2nnc(NC(=O)Nc3c(Cl)cccc3Cl)s2)CC1. The van der Waals surface area contributed by atoms with Crippen molar-refractivity contribution in [1.29, 1.82) is 0 Å². The molecule has 0 unspecified atom stereocenters. The average molecular weight is 401 g/mol. The number of aromatic nitrogens is 2. The normalized spacial score (nSPS) is 15.2. The smallest absolute Gasteiger partial charge is 0.325 e. The molecule has 0 atom stereocenters. The summed E-state index contributed by atoms with van der Waals surface area (Å²) in [5, 5.41) is 15.5. The lowest BCUT2D eigenvalue weighted by atomic mass is 10.3. The second-order valence-electron chi connectivity index (χ2n) is 5.49. The number of amides is 2. The molecule has 1 aliphatic rings.